The predicted molar refractivity (Wildman–Crippen MR) is 50.0 cm³/mol. The minimum absolute atomic E-state index is 0.728. The predicted octanol–water partition coefficient (Wildman–Crippen LogP) is 2.99. The van der Waals surface area contributed by atoms with E-state index in [4.69, 9.17) is 0 Å². The average Bonchev–Trinajstić information content (AvgIpc) is 2.92. The summed E-state index contributed by atoms with van der Waals surface area (Å²) in [4.78, 5) is 4.41. The van der Waals surface area contributed by atoms with Gasteiger partial charge in [0.15, 0.2) is 0 Å². The Morgan fingerprint density at radius 3 is 2.83 bits per heavy atom. The fourth-order valence-corrected chi connectivity index (χ4v) is 1.88. The first-order chi connectivity index (χ1) is 5.92. The topological polar surface area (TPSA) is 12.9 Å². The van der Waals surface area contributed by atoms with Crippen molar-refractivity contribution in [3.63, 3.8) is 0 Å². The van der Waals surface area contributed by atoms with Crippen molar-refractivity contribution < 1.29 is 0 Å². The molecule has 0 bridgehead atoms. The van der Waals surface area contributed by atoms with Gasteiger partial charge in [0.1, 0.15) is 0 Å². The lowest BCUT2D eigenvalue weighted by Gasteiger charge is -2.11. The van der Waals surface area contributed by atoms with Crippen molar-refractivity contribution in [2.75, 3.05) is 0 Å². The van der Waals surface area contributed by atoms with E-state index >= 15 is 0 Å². The van der Waals surface area contributed by atoms with Crippen molar-refractivity contribution in [1.82, 2.24) is 4.98 Å². The van der Waals surface area contributed by atoms with Crippen LogP contribution in [0.2, 0.25) is 0 Å². The third kappa shape index (κ3) is 1.50. The molecule has 64 valence electrons. The van der Waals surface area contributed by atoms with Gasteiger partial charge < -0.3 is 0 Å². The second-order valence-corrected chi connectivity index (χ2v) is 3.61. The molecule has 1 saturated carbocycles. The highest BCUT2D eigenvalue weighted by atomic mass is 14.7. The fraction of sp³-hybridized carbons (Fsp3) is 0.545. The van der Waals surface area contributed by atoms with Crippen LogP contribution >= 0.6 is 0 Å². The first kappa shape index (κ1) is 7.78. The van der Waals surface area contributed by atoms with Gasteiger partial charge in [-0.25, -0.2) is 0 Å². The molecule has 1 aliphatic rings. The van der Waals surface area contributed by atoms with Gasteiger partial charge in [-0.1, -0.05) is 13.0 Å². The number of rotatable bonds is 3. The Morgan fingerprint density at radius 1 is 1.50 bits per heavy atom. The first-order valence-corrected chi connectivity index (χ1v) is 4.82. The van der Waals surface area contributed by atoms with Gasteiger partial charge in [0.05, 0.1) is 0 Å². The van der Waals surface area contributed by atoms with Crippen LogP contribution in [0.3, 0.4) is 0 Å². The average molecular weight is 161 g/mol. The van der Waals surface area contributed by atoms with Gasteiger partial charge in [0.2, 0.25) is 0 Å². The highest BCUT2D eigenvalue weighted by molar-refractivity contribution is 5.12. The largest absolute Gasteiger partial charge is 0.261 e. The Balaban J connectivity index is 2.15. The maximum atomic E-state index is 4.41. The molecule has 1 heterocycles. The van der Waals surface area contributed by atoms with Crippen LogP contribution in [0, 0.1) is 5.92 Å². The summed E-state index contributed by atoms with van der Waals surface area (Å²) in [5, 5.41) is 0. The van der Waals surface area contributed by atoms with E-state index in [1.165, 1.54) is 25.0 Å². The molecule has 2 rings (SSSR count). The van der Waals surface area contributed by atoms with Gasteiger partial charge in [0.25, 0.3) is 0 Å². The van der Waals surface area contributed by atoms with Gasteiger partial charge in [-0.3, -0.25) is 4.98 Å². The lowest BCUT2D eigenvalue weighted by molar-refractivity contribution is 0.571. The molecule has 1 heteroatoms. The summed E-state index contributed by atoms with van der Waals surface area (Å²) in [5.41, 5.74) is 1.29. The summed E-state index contributed by atoms with van der Waals surface area (Å²) in [5.74, 6) is 1.66. The standard InChI is InChI=1S/C11H15N/c1-2-10(9-6-7-9)11-5-3-4-8-12-11/h3-5,8-10H,2,6-7H2,1H3. The lowest BCUT2D eigenvalue weighted by atomic mass is 9.96. The van der Waals surface area contributed by atoms with Crippen LogP contribution in [0.1, 0.15) is 37.8 Å². The van der Waals surface area contributed by atoms with Crippen LogP contribution in [0.25, 0.3) is 0 Å². The van der Waals surface area contributed by atoms with E-state index in [2.05, 4.69) is 24.0 Å². The highest BCUT2D eigenvalue weighted by Gasteiger charge is 2.31. The molecule has 1 unspecified atom stereocenters. The van der Waals surface area contributed by atoms with E-state index in [9.17, 15) is 0 Å². The highest BCUT2D eigenvalue weighted by Crippen LogP contribution is 2.43. The molecule has 1 aromatic rings. The number of hydrogen-bond donors (Lipinski definition) is 0. The summed E-state index contributed by atoms with van der Waals surface area (Å²) < 4.78 is 0. The van der Waals surface area contributed by atoms with Gasteiger partial charge in [-0.15, -0.1) is 0 Å². The minimum atomic E-state index is 0.728. The minimum Gasteiger partial charge on any atom is -0.261 e. The zero-order chi connectivity index (χ0) is 8.39. The summed E-state index contributed by atoms with van der Waals surface area (Å²) in [6.45, 7) is 2.26. The van der Waals surface area contributed by atoms with E-state index in [0.29, 0.717) is 0 Å². The van der Waals surface area contributed by atoms with Crippen molar-refractivity contribution >= 4 is 0 Å². The summed E-state index contributed by atoms with van der Waals surface area (Å²) in [6, 6.07) is 6.24. The molecule has 0 spiro atoms. The number of aromatic nitrogens is 1. The van der Waals surface area contributed by atoms with Gasteiger partial charge in [0, 0.05) is 17.8 Å². The monoisotopic (exact) mass is 161 g/mol. The third-order valence-corrected chi connectivity index (χ3v) is 2.70. The Morgan fingerprint density at radius 2 is 2.33 bits per heavy atom. The Hall–Kier alpha value is -0.850. The maximum absolute atomic E-state index is 4.41. The SMILES string of the molecule is CCC(c1ccccn1)C1CC1. The van der Waals surface area contributed by atoms with Crippen LogP contribution in [-0.4, -0.2) is 4.98 Å². The van der Waals surface area contributed by atoms with Gasteiger partial charge in [-0.2, -0.15) is 0 Å². The van der Waals surface area contributed by atoms with E-state index in [-0.39, 0.29) is 0 Å². The quantitative estimate of drug-likeness (QED) is 0.664. The molecule has 1 aliphatic carbocycles. The summed E-state index contributed by atoms with van der Waals surface area (Å²) in [7, 11) is 0. The Labute approximate surface area is 73.8 Å². The second kappa shape index (κ2) is 3.26. The second-order valence-electron chi connectivity index (χ2n) is 3.61. The first-order valence-electron chi connectivity index (χ1n) is 4.82. The van der Waals surface area contributed by atoms with E-state index in [1.807, 2.05) is 12.3 Å². The van der Waals surface area contributed by atoms with Gasteiger partial charge >= 0.3 is 0 Å². The lowest BCUT2D eigenvalue weighted by Crippen LogP contribution is -2.01. The van der Waals surface area contributed by atoms with Crippen LogP contribution in [0.5, 0.6) is 0 Å². The summed E-state index contributed by atoms with van der Waals surface area (Å²) in [6.07, 6.45) is 5.96. The number of nitrogens with zero attached hydrogens (tertiary/aromatic N) is 1. The van der Waals surface area contributed by atoms with Gasteiger partial charge in [-0.05, 0) is 37.3 Å². The van der Waals surface area contributed by atoms with Crippen LogP contribution in [0.15, 0.2) is 24.4 Å². The molecule has 0 N–H and O–H groups in total. The Bertz CT molecular complexity index is 238. The molecular formula is C11H15N. The zero-order valence-electron chi connectivity index (χ0n) is 7.53. The van der Waals surface area contributed by atoms with Crippen LogP contribution in [0.4, 0.5) is 0 Å². The molecule has 1 atom stereocenters. The van der Waals surface area contributed by atoms with Crippen molar-refractivity contribution in [2.45, 2.75) is 32.1 Å². The molecule has 0 amide bonds. The molecule has 0 aromatic carbocycles. The molecule has 1 fully saturated rings. The third-order valence-electron chi connectivity index (χ3n) is 2.70. The molecule has 0 radical (unpaired) electrons. The van der Waals surface area contributed by atoms with E-state index in [1.54, 1.807) is 0 Å². The summed E-state index contributed by atoms with van der Waals surface area (Å²) >= 11 is 0. The van der Waals surface area contributed by atoms with Crippen molar-refractivity contribution in [1.29, 1.82) is 0 Å². The molecule has 1 aromatic heterocycles. The Kier molecular flexibility index (Phi) is 2.11. The molecular weight excluding hydrogens is 146 g/mol. The normalized spacial score (nSPS) is 19.1. The smallest absolute Gasteiger partial charge is 0.0437 e. The molecule has 0 aliphatic heterocycles. The van der Waals surface area contributed by atoms with Crippen molar-refractivity contribution in [3.8, 4) is 0 Å². The van der Waals surface area contributed by atoms with Crippen LogP contribution < -0.4 is 0 Å². The van der Waals surface area contributed by atoms with Crippen LogP contribution in [-0.2, 0) is 0 Å². The number of pyridine rings is 1. The van der Waals surface area contributed by atoms with Crippen molar-refractivity contribution in [2.24, 2.45) is 5.92 Å². The maximum Gasteiger partial charge on any atom is 0.0437 e. The van der Waals surface area contributed by atoms with E-state index < -0.39 is 0 Å². The fourth-order valence-electron chi connectivity index (χ4n) is 1.88. The molecule has 12 heavy (non-hydrogen) atoms. The molecule has 0 saturated heterocycles. The zero-order valence-corrected chi connectivity index (χ0v) is 7.53. The number of hydrogen-bond acceptors (Lipinski definition) is 1. The molecule has 1 nitrogen and oxygen atoms in total. The van der Waals surface area contributed by atoms with Crippen molar-refractivity contribution in [3.05, 3.63) is 30.1 Å². The van der Waals surface area contributed by atoms with E-state index in [0.717, 1.165) is 11.8 Å².